The van der Waals surface area contributed by atoms with Gasteiger partial charge < -0.3 is 14.9 Å². The molecule has 0 heterocycles. The molecule has 1 atom stereocenters. The van der Waals surface area contributed by atoms with Crippen molar-refractivity contribution >= 4 is 12.0 Å². The highest BCUT2D eigenvalue weighted by Crippen LogP contribution is 2.20. The van der Waals surface area contributed by atoms with Crippen LogP contribution in [-0.4, -0.2) is 28.9 Å². The molecule has 0 saturated heterocycles. The Labute approximate surface area is 163 Å². The number of hydrogen-bond donors (Lipinski definition) is 2. The maximum absolute atomic E-state index is 10.5. The van der Waals surface area contributed by atoms with Gasteiger partial charge in [0.15, 0.2) is 0 Å². The third kappa shape index (κ3) is 12.0. The molecule has 0 spiro atoms. The summed E-state index contributed by atoms with van der Waals surface area (Å²) in [5.74, 6) is -0.0726. The molecule has 4 nitrogen and oxygen atoms in total. The number of ether oxygens (including phenoxy) is 1. The lowest BCUT2D eigenvalue weighted by Crippen LogP contribution is -2.02. The molecule has 0 aliphatic rings. The zero-order valence-corrected chi connectivity index (χ0v) is 16.5. The Morgan fingerprint density at radius 2 is 1.81 bits per heavy atom. The van der Waals surface area contributed by atoms with Crippen molar-refractivity contribution in [3.63, 3.8) is 0 Å². The molecule has 0 aliphatic heterocycles. The van der Waals surface area contributed by atoms with Gasteiger partial charge in [-0.1, -0.05) is 88.0 Å². The highest BCUT2D eigenvalue weighted by Gasteiger charge is 2.01. The summed E-state index contributed by atoms with van der Waals surface area (Å²) in [6.45, 7) is 2.59. The highest BCUT2D eigenvalue weighted by atomic mass is 16.5. The minimum absolute atomic E-state index is 0.108. The van der Waals surface area contributed by atoms with Crippen molar-refractivity contribution in [3.8, 4) is 5.75 Å². The van der Waals surface area contributed by atoms with Gasteiger partial charge in [-0.15, -0.1) is 0 Å². The number of rotatable bonds is 15. The molecular formula is C23H34O4. The predicted molar refractivity (Wildman–Crippen MR) is 111 cm³/mol. The summed E-state index contributed by atoms with van der Waals surface area (Å²) >= 11 is 0. The monoisotopic (exact) mass is 374 g/mol. The molecule has 2 N–H and O–H groups in total. The van der Waals surface area contributed by atoms with E-state index in [0.29, 0.717) is 13.0 Å². The van der Waals surface area contributed by atoms with Gasteiger partial charge in [-0.05, 0) is 18.9 Å². The van der Waals surface area contributed by atoms with E-state index in [1.807, 2.05) is 48.6 Å². The molecule has 0 fully saturated rings. The van der Waals surface area contributed by atoms with Crippen LogP contribution in [0.3, 0.4) is 0 Å². The lowest BCUT2D eigenvalue weighted by molar-refractivity contribution is -0.137. The smallest absolute Gasteiger partial charge is 0.303 e. The fourth-order valence-corrected chi connectivity index (χ4v) is 2.74. The Morgan fingerprint density at radius 1 is 1.07 bits per heavy atom. The van der Waals surface area contributed by atoms with Crippen LogP contribution >= 0.6 is 0 Å². The van der Waals surface area contributed by atoms with Gasteiger partial charge in [0.25, 0.3) is 0 Å². The first-order chi connectivity index (χ1) is 13.1. The van der Waals surface area contributed by atoms with E-state index in [-0.39, 0.29) is 6.42 Å². The molecule has 4 heteroatoms. The summed E-state index contributed by atoms with van der Waals surface area (Å²) in [4.78, 5) is 10.5. The first-order valence-corrected chi connectivity index (χ1v) is 10.1. The zero-order valence-electron chi connectivity index (χ0n) is 16.5. The second-order valence-corrected chi connectivity index (χ2v) is 6.75. The van der Waals surface area contributed by atoms with Crippen molar-refractivity contribution in [3.05, 3.63) is 48.1 Å². The Kier molecular flexibility index (Phi) is 12.8. The zero-order chi connectivity index (χ0) is 19.7. The SMILES string of the molecule is CCCCCCCC[C@H](O)/C=C/C=C\c1ccccc1OCCCC(=O)O. The van der Waals surface area contributed by atoms with E-state index in [9.17, 15) is 9.90 Å². The second kappa shape index (κ2) is 15.0. The average Bonchev–Trinajstić information content (AvgIpc) is 2.66. The highest BCUT2D eigenvalue weighted by molar-refractivity contribution is 5.66. The summed E-state index contributed by atoms with van der Waals surface area (Å²) < 4.78 is 5.67. The topological polar surface area (TPSA) is 66.8 Å². The van der Waals surface area contributed by atoms with Crippen LogP contribution in [-0.2, 0) is 4.79 Å². The van der Waals surface area contributed by atoms with E-state index in [4.69, 9.17) is 9.84 Å². The molecule has 27 heavy (non-hydrogen) atoms. The van der Waals surface area contributed by atoms with Crippen LogP contribution in [0.5, 0.6) is 5.75 Å². The van der Waals surface area contributed by atoms with E-state index < -0.39 is 12.1 Å². The Morgan fingerprint density at radius 3 is 2.59 bits per heavy atom. The number of hydrogen-bond acceptors (Lipinski definition) is 3. The second-order valence-electron chi connectivity index (χ2n) is 6.75. The largest absolute Gasteiger partial charge is 0.493 e. The Hall–Kier alpha value is -2.07. The summed E-state index contributed by atoms with van der Waals surface area (Å²) in [7, 11) is 0. The number of unbranched alkanes of at least 4 members (excludes halogenated alkanes) is 5. The standard InChI is InChI=1S/C23H34O4/c1-2-3-4-5-6-7-15-21(24)16-10-8-13-20-14-9-11-17-22(20)27-19-12-18-23(25)26/h8-11,13-14,16-17,21,24H,2-7,12,15,18-19H2,1H3,(H,25,26)/b13-8-,16-10+/t21-/m0/s1. The number of allylic oxidation sites excluding steroid dienone is 2. The quantitative estimate of drug-likeness (QED) is 0.309. The van der Waals surface area contributed by atoms with Crippen LogP contribution in [0, 0.1) is 0 Å². The van der Waals surface area contributed by atoms with E-state index in [0.717, 1.165) is 24.2 Å². The van der Waals surface area contributed by atoms with E-state index in [1.165, 1.54) is 32.1 Å². The van der Waals surface area contributed by atoms with Crippen molar-refractivity contribution in [2.24, 2.45) is 0 Å². The molecule has 150 valence electrons. The van der Waals surface area contributed by atoms with Gasteiger partial charge in [0, 0.05) is 12.0 Å². The van der Waals surface area contributed by atoms with Crippen molar-refractivity contribution < 1.29 is 19.7 Å². The van der Waals surface area contributed by atoms with E-state index >= 15 is 0 Å². The number of aliphatic hydroxyl groups excluding tert-OH is 1. The van der Waals surface area contributed by atoms with Crippen LogP contribution in [0.4, 0.5) is 0 Å². The van der Waals surface area contributed by atoms with Crippen molar-refractivity contribution in [1.29, 1.82) is 0 Å². The summed E-state index contributed by atoms with van der Waals surface area (Å²) in [6, 6.07) is 7.64. The molecule has 0 aromatic heterocycles. The first-order valence-electron chi connectivity index (χ1n) is 10.1. The summed E-state index contributed by atoms with van der Waals surface area (Å²) in [6.07, 6.45) is 15.9. The van der Waals surface area contributed by atoms with E-state index in [1.54, 1.807) is 0 Å². The van der Waals surface area contributed by atoms with E-state index in [2.05, 4.69) is 6.92 Å². The molecule has 0 amide bonds. The minimum Gasteiger partial charge on any atom is -0.493 e. The first kappa shape index (κ1) is 23.0. The number of carboxylic acid groups (broad SMARTS) is 1. The molecule has 0 unspecified atom stereocenters. The molecule has 1 aromatic carbocycles. The number of aliphatic carboxylic acids is 1. The Balaban J connectivity index is 2.34. The van der Waals surface area contributed by atoms with Gasteiger partial charge in [0.2, 0.25) is 0 Å². The average molecular weight is 375 g/mol. The van der Waals surface area contributed by atoms with Crippen LogP contribution in [0.1, 0.15) is 70.3 Å². The van der Waals surface area contributed by atoms with Crippen LogP contribution in [0.2, 0.25) is 0 Å². The van der Waals surface area contributed by atoms with Gasteiger partial charge in [-0.25, -0.2) is 0 Å². The summed E-state index contributed by atoms with van der Waals surface area (Å²) in [5, 5.41) is 18.7. The van der Waals surface area contributed by atoms with Crippen LogP contribution < -0.4 is 4.74 Å². The molecule has 0 saturated carbocycles. The maximum atomic E-state index is 10.5. The predicted octanol–water partition coefficient (Wildman–Crippen LogP) is 5.61. The Bertz CT molecular complexity index is 577. The molecule has 1 rings (SSSR count). The van der Waals surface area contributed by atoms with Gasteiger partial charge in [0.05, 0.1) is 12.7 Å². The van der Waals surface area contributed by atoms with Crippen molar-refractivity contribution in [2.45, 2.75) is 70.8 Å². The lowest BCUT2D eigenvalue weighted by Gasteiger charge is -2.08. The normalized spacial score (nSPS) is 12.7. The van der Waals surface area contributed by atoms with Crippen molar-refractivity contribution in [2.75, 3.05) is 6.61 Å². The van der Waals surface area contributed by atoms with Gasteiger partial charge in [0.1, 0.15) is 5.75 Å². The summed E-state index contributed by atoms with van der Waals surface area (Å²) in [5.41, 5.74) is 0.933. The third-order valence-electron chi connectivity index (χ3n) is 4.29. The number of benzene rings is 1. The van der Waals surface area contributed by atoms with Gasteiger partial charge in [-0.2, -0.15) is 0 Å². The lowest BCUT2D eigenvalue weighted by atomic mass is 10.1. The fraction of sp³-hybridized carbons (Fsp3) is 0.522. The van der Waals surface area contributed by atoms with Gasteiger partial charge in [-0.3, -0.25) is 4.79 Å². The number of carbonyl (C=O) groups is 1. The van der Waals surface area contributed by atoms with Gasteiger partial charge >= 0.3 is 5.97 Å². The van der Waals surface area contributed by atoms with Crippen LogP contribution in [0.15, 0.2) is 42.5 Å². The van der Waals surface area contributed by atoms with Crippen molar-refractivity contribution in [1.82, 2.24) is 0 Å². The molecule has 1 aromatic rings. The number of para-hydroxylation sites is 1. The van der Waals surface area contributed by atoms with Crippen LogP contribution in [0.25, 0.3) is 6.08 Å². The minimum atomic E-state index is -0.809. The molecule has 0 aliphatic carbocycles. The maximum Gasteiger partial charge on any atom is 0.303 e. The molecular weight excluding hydrogens is 340 g/mol. The number of carboxylic acids is 1. The molecule has 0 radical (unpaired) electrons. The number of aliphatic hydroxyl groups is 1. The molecule has 0 bridgehead atoms. The fourth-order valence-electron chi connectivity index (χ4n) is 2.74. The third-order valence-corrected chi connectivity index (χ3v) is 4.29.